The van der Waals surface area contributed by atoms with E-state index in [-0.39, 0.29) is 5.91 Å². The van der Waals surface area contributed by atoms with Crippen LogP contribution in [0.5, 0.6) is 0 Å². The molecule has 1 aliphatic heterocycles. The number of carbonyl (C=O) groups is 1. The molecule has 0 N–H and O–H groups in total. The molecule has 0 atom stereocenters. The molecule has 0 spiro atoms. The van der Waals surface area contributed by atoms with Crippen LogP contribution in [0.1, 0.15) is 37.1 Å². The summed E-state index contributed by atoms with van der Waals surface area (Å²) in [5, 5.41) is 4.03. The Morgan fingerprint density at radius 3 is 2.77 bits per heavy atom. The number of aromatic nitrogens is 2. The number of amides is 1. The largest absolute Gasteiger partial charge is 0.343 e. The Labute approximate surface area is 130 Å². The van der Waals surface area contributed by atoms with Crippen LogP contribution in [0.15, 0.2) is 28.8 Å². The third kappa shape index (κ3) is 3.35. The molecule has 1 fully saturated rings. The zero-order valence-corrected chi connectivity index (χ0v) is 12.9. The summed E-state index contributed by atoms with van der Waals surface area (Å²) in [7, 11) is 0. The average Bonchev–Trinajstić information content (AvgIpc) is 3.02. The van der Waals surface area contributed by atoms with Crippen LogP contribution in [-0.4, -0.2) is 34.0 Å². The fourth-order valence-corrected chi connectivity index (χ4v) is 2.80. The van der Waals surface area contributed by atoms with Crippen LogP contribution in [-0.2, 0) is 11.2 Å². The normalized spacial score (nSPS) is 15.0. The van der Waals surface area contributed by atoms with Crippen molar-refractivity contribution in [1.29, 1.82) is 0 Å². The highest BCUT2D eigenvalue weighted by Crippen LogP contribution is 2.20. The molecule has 0 unspecified atom stereocenters. The maximum atomic E-state index is 12.1. The molecule has 1 saturated heterocycles. The number of hydrogen-bond acceptors (Lipinski definition) is 4. The first-order valence-electron chi connectivity index (χ1n) is 7.90. The third-order valence-electron chi connectivity index (χ3n) is 4.12. The Bertz CT molecular complexity index is 645. The Balaban J connectivity index is 1.60. The minimum absolute atomic E-state index is 0.190. The lowest BCUT2D eigenvalue weighted by molar-refractivity contribution is -0.132. The smallest absolute Gasteiger partial charge is 0.227 e. The number of hydrogen-bond donors (Lipinski definition) is 0. The molecular formula is C17H21N3O2. The third-order valence-corrected chi connectivity index (χ3v) is 4.12. The molecule has 0 bridgehead atoms. The highest BCUT2D eigenvalue weighted by molar-refractivity contribution is 5.76. The van der Waals surface area contributed by atoms with Gasteiger partial charge in [-0.1, -0.05) is 29.4 Å². The number of carbonyl (C=O) groups excluding carboxylic acids is 1. The average molecular weight is 299 g/mol. The first-order chi connectivity index (χ1) is 10.7. The molecule has 22 heavy (non-hydrogen) atoms. The van der Waals surface area contributed by atoms with E-state index >= 15 is 0 Å². The number of likely N-dealkylation sites (tertiary alicyclic amines) is 1. The fourth-order valence-electron chi connectivity index (χ4n) is 2.80. The Morgan fingerprint density at radius 2 is 2.00 bits per heavy atom. The predicted molar refractivity (Wildman–Crippen MR) is 83.2 cm³/mol. The van der Waals surface area contributed by atoms with Crippen LogP contribution < -0.4 is 0 Å². The van der Waals surface area contributed by atoms with Gasteiger partial charge in [0, 0.05) is 31.5 Å². The van der Waals surface area contributed by atoms with Gasteiger partial charge in [0.25, 0.3) is 0 Å². The van der Waals surface area contributed by atoms with Gasteiger partial charge in [-0.3, -0.25) is 4.79 Å². The summed E-state index contributed by atoms with van der Waals surface area (Å²) in [5.74, 6) is 1.32. The van der Waals surface area contributed by atoms with Crippen LogP contribution in [0.25, 0.3) is 11.4 Å². The molecule has 1 aromatic heterocycles. The van der Waals surface area contributed by atoms with Gasteiger partial charge in [-0.05, 0) is 31.7 Å². The summed E-state index contributed by atoms with van der Waals surface area (Å²) in [5.41, 5.74) is 2.08. The summed E-state index contributed by atoms with van der Waals surface area (Å²) >= 11 is 0. The van der Waals surface area contributed by atoms with Crippen molar-refractivity contribution in [3.8, 4) is 11.4 Å². The molecule has 2 heterocycles. The second-order valence-electron chi connectivity index (χ2n) is 5.77. The molecule has 2 aromatic rings. The van der Waals surface area contributed by atoms with E-state index in [2.05, 4.69) is 10.1 Å². The molecule has 116 valence electrons. The van der Waals surface area contributed by atoms with E-state index in [1.54, 1.807) is 0 Å². The van der Waals surface area contributed by atoms with Gasteiger partial charge >= 0.3 is 0 Å². The van der Waals surface area contributed by atoms with E-state index in [9.17, 15) is 4.79 Å². The molecule has 1 aliphatic rings. The monoisotopic (exact) mass is 299 g/mol. The van der Waals surface area contributed by atoms with Crippen LogP contribution in [0.2, 0.25) is 0 Å². The van der Waals surface area contributed by atoms with Gasteiger partial charge in [0.15, 0.2) is 0 Å². The topological polar surface area (TPSA) is 59.2 Å². The van der Waals surface area contributed by atoms with Crippen LogP contribution >= 0.6 is 0 Å². The van der Waals surface area contributed by atoms with Crippen LogP contribution in [0.4, 0.5) is 0 Å². The zero-order valence-electron chi connectivity index (χ0n) is 12.9. The molecular weight excluding hydrogens is 278 g/mol. The second kappa shape index (κ2) is 6.73. The molecule has 0 saturated carbocycles. The van der Waals surface area contributed by atoms with E-state index in [4.69, 9.17) is 4.52 Å². The summed E-state index contributed by atoms with van der Waals surface area (Å²) in [6.45, 7) is 3.79. The minimum atomic E-state index is 0.190. The lowest BCUT2D eigenvalue weighted by atomic mass is 10.1. The van der Waals surface area contributed by atoms with Crippen molar-refractivity contribution in [2.75, 3.05) is 13.1 Å². The highest BCUT2D eigenvalue weighted by Gasteiger charge is 2.18. The SMILES string of the molecule is Cc1ccccc1-c1noc(CCC(=O)N2CCCCC2)n1. The van der Waals surface area contributed by atoms with Gasteiger partial charge in [-0.2, -0.15) is 4.98 Å². The van der Waals surface area contributed by atoms with Crippen molar-refractivity contribution in [3.63, 3.8) is 0 Å². The summed E-state index contributed by atoms with van der Waals surface area (Å²) in [6.07, 6.45) is 4.41. The molecule has 0 radical (unpaired) electrons. The van der Waals surface area contributed by atoms with Crippen molar-refractivity contribution >= 4 is 5.91 Å². The molecule has 5 nitrogen and oxygen atoms in total. The number of nitrogens with zero attached hydrogens (tertiary/aromatic N) is 3. The number of benzene rings is 1. The number of rotatable bonds is 4. The highest BCUT2D eigenvalue weighted by atomic mass is 16.5. The summed E-state index contributed by atoms with van der Waals surface area (Å²) in [6, 6.07) is 7.93. The van der Waals surface area contributed by atoms with E-state index in [0.717, 1.165) is 37.1 Å². The van der Waals surface area contributed by atoms with E-state index < -0.39 is 0 Å². The van der Waals surface area contributed by atoms with E-state index in [1.807, 2.05) is 36.1 Å². The van der Waals surface area contributed by atoms with Crippen LogP contribution in [0.3, 0.4) is 0 Å². The Morgan fingerprint density at radius 1 is 1.23 bits per heavy atom. The Kier molecular flexibility index (Phi) is 4.51. The molecule has 3 rings (SSSR count). The number of aryl methyl sites for hydroxylation is 2. The lowest BCUT2D eigenvalue weighted by Gasteiger charge is -2.26. The maximum absolute atomic E-state index is 12.1. The van der Waals surface area contributed by atoms with Crippen molar-refractivity contribution < 1.29 is 9.32 Å². The molecule has 1 amide bonds. The van der Waals surface area contributed by atoms with E-state index in [0.29, 0.717) is 24.6 Å². The van der Waals surface area contributed by atoms with Gasteiger partial charge in [-0.25, -0.2) is 0 Å². The second-order valence-corrected chi connectivity index (χ2v) is 5.77. The molecule has 0 aliphatic carbocycles. The van der Waals surface area contributed by atoms with Crippen molar-refractivity contribution in [1.82, 2.24) is 15.0 Å². The first-order valence-corrected chi connectivity index (χ1v) is 7.90. The Hall–Kier alpha value is -2.17. The zero-order chi connectivity index (χ0) is 15.4. The minimum Gasteiger partial charge on any atom is -0.343 e. The van der Waals surface area contributed by atoms with Crippen molar-refractivity contribution in [3.05, 3.63) is 35.7 Å². The predicted octanol–water partition coefficient (Wildman–Crippen LogP) is 2.99. The molecule has 1 aromatic carbocycles. The van der Waals surface area contributed by atoms with Gasteiger partial charge < -0.3 is 9.42 Å². The quantitative estimate of drug-likeness (QED) is 0.871. The summed E-state index contributed by atoms with van der Waals surface area (Å²) in [4.78, 5) is 18.5. The first kappa shape index (κ1) is 14.8. The van der Waals surface area contributed by atoms with Crippen LogP contribution in [0, 0.1) is 6.92 Å². The fraction of sp³-hybridized carbons (Fsp3) is 0.471. The lowest BCUT2D eigenvalue weighted by Crippen LogP contribution is -2.35. The molecule has 5 heteroatoms. The maximum Gasteiger partial charge on any atom is 0.227 e. The van der Waals surface area contributed by atoms with Crippen molar-refractivity contribution in [2.45, 2.75) is 39.0 Å². The van der Waals surface area contributed by atoms with Gasteiger partial charge in [0.05, 0.1) is 0 Å². The summed E-state index contributed by atoms with van der Waals surface area (Å²) < 4.78 is 5.28. The number of piperidine rings is 1. The van der Waals surface area contributed by atoms with Gasteiger partial charge in [0.2, 0.25) is 17.6 Å². The van der Waals surface area contributed by atoms with Crippen molar-refractivity contribution in [2.24, 2.45) is 0 Å². The van der Waals surface area contributed by atoms with Gasteiger partial charge in [0.1, 0.15) is 0 Å². The van der Waals surface area contributed by atoms with E-state index in [1.165, 1.54) is 6.42 Å². The van der Waals surface area contributed by atoms with Gasteiger partial charge in [-0.15, -0.1) is 0 Å². The standard InChI is InChI=1S/C17H21N3O2/c1-13-7-3-4-8-14(13)17-18-15(22-19-17)9-10-16(21)20-11-5-2-6-12-20/h3-4,7-8H,2,5-6,9-12H2,1H3.